The largest absolute Gasteiger partial charge is 0.478 e. The van der Waals surface area contributed by atoms with Crippen LogP contribution in [0, 0.1) is 5.82 Å². The molecule has 22 heavy (non-hydrogen) atoms. The summed E-state index contributed by atoms with van der Waals surface area (Å²) < 4.78 is 14.3. The highest BCUT2D eigenvalue weighted by molar-refractivity contribution is 5.91. The molecule has 0 heterocycles. The molecule has 0 radical (unpaired) electrons. The summed E-state index contributed by atoms with van der Waals surface area (Å²) in [5, 5.41) is 11.4. The van der Waals surface area contributed by atoms with Gasteiger partial charge in [-0.2, -0.15) is 0 Å². The van der Waals surface area contributed by atoms with E-state index >= 15 is 0 Å². The average Bonchev–Trinajstić information content (AvgIpc) is 2.53. The predicted octanol–water partition coefficient (Wildman–Crippen LogP) is 4.83. The molecule has 0 aromatic heterocycles. The zero-order chi connectivity index (χ0) is 15.7. The van der Waals surface area contributed by atoms with E-state index in [1.807, 2.05) is 49.4 Å². The van der Waals surface area contributed by atoms with Crippen LogP contribution in [0.25, 0.3) is 10.8 Å². The number of hydrogen-bond donors (Lipinski definition) is 1. The second-order valence-corrected chi connectivity index (χ2v) is 5.30. The SMILES string of the molecule is CC(c1c(F)cccc1C(=O)O)c1cccc2ccccc12. The monoisotopic (exact) mass is 294 g/mol. The van der Waals surface area contributed by atoms with Crippen molar-refractivity contribution in [2.24, 2.45) is 0 Å². The van der Waals surface area contributed by atoms with Crippen molar-refractivity contribution in [3.05, 3.63) is 83.2 Å². The Kier molecular flexibility index (Phi) is 3.63. The van der Waals surface area contributed by atoms with Crippen LogP contribution in [-0.4, -0.2) is 11.1 Å². The van der Waals surface area contributed by atoms with Crippen LogP contribution in [-0.2, 0) is 0 Å². The van der Waals surface area contributed by atoms with Crippen LogP contribution in [0.2, 0.25) is 0 Å². The number of halogens is 1. The van der Waals surface area contributed by atoms with Gasteiger partial charge in [0.15, 0.2) is 0 Å². The van der Waals surface area contributed by atoms with Crippen LogP contribution in [0.3, 0.4) is 0 Å². The first-order valence-corrected chi connectivity index (χ1v) is 7.09. The van der Waals surface area contributed by atoms with Gasteiger partial charge in [0.1, 0.15) is 5.82 Å². The fourth-order valence-corrected chi connectivity index (χ4v) is 2.95. The number of carbonyl (C=O) groups is 1. The molecule has 3 rings (SSSR count). The van der Waals surface area contributed by atoms with Gasteiger partial charge in [0.2, 0.25) is 0 Å². The van der Waals surface area contributed by atoms with Gasteiger partial charge in [0.05, 0.1) is 5.56 Å². The van der Waals surface area contributed by atoms with E-state index in [4.69, 9.17) is 0 Å². The molecule has 3 aromatic rings. The van der Waals surface area contributed by atoms with Gasteiger partial charge in [-0.25, -0.2) is 9.18 Å². The standard InChI is InChI=1S/C19H15FO2/c1-12(18-16(19(21)22)10-5-11-17(18)20)14-9-4-7-13-6-2-3-8-15(13)14/h2-12H,1H3,(H,21,22). The van der Waals surface area contributed by atoms with Crippen molar-refractivity contribution in [2.45, 2.75) is 12.8 Å². The molecule has 0 amide bonds. The highest BCUT2D eigenvalue weighted by Gasteiger charge is 2.22. The molecule has 1 N–H and O–H groups in total. The molecule has 0 spiro atoms. The second-order valence-electron chi connectivity index (χ2n) is 5.30. The minimum Gasteiger partial charge on any atom is -0.478 e. The van der Waals surface area contributed by atoms with Crippen molar-refractivity contribution < 1.29 is 14.3 Å². The fraction of sp³-hybridized carbons (Fsp3) is 0.105. The molecule has 0 aliphatic rings. The quantitative estimate of drug-likeness (QED) is 0.751. The maximum atomic E-state index is 14.3. The molecule has 2 nitrogen and oxygen atoms in total. The number of fused-ring (bicyclic) bond motifs is 1. The van der Waals surface area contributed by atoms with E-state index in [-0.39, 0.29) is 17.0 Å². The molecule has 1 unspecified atom stereocenters. The molecule has 1 atom stereocenters. The zero-order valence-corrected chi connectivity index (χ0v) is 12.1. The Morgan fingerprint density at radius 3 is 2.45 bits per heavy atom. The summed E-state index contributed by atoms with van der Waals surface area (Å²) in [6.07, 6.45) is 0. The maximum Gasteiger partial charge on any atom is 0.336 e. The van der Waals surface area contributed by atoms with Gasteiger partial charge in [0, 0.05) is 11.5 Å². The first kappa shape index (κ1) is 14.3. The van der Waals surface area contributed by atoms with Gasteiger partial charge in [-0.15, -0.1) is 0 Å². The molecule has 110 valence electrons. The summed E-state index contributed by atoms with van der Waals surface area (Å²) in [6, 6.07) is 17.9. The molecule has 3 heteroatoms. The summed E-state index contributed by atoms with van der Waals surface area (Å²) >= 11 is 0. The normalized spacial score (nSPS) is 12.3. The van der Waals surface area contributed by atoms with Gasteiger partial charge in [-0.05, 0) is 28.5 Å². The summed E-state index contributed by atoms with van der Waals surface area (Å²) in [5.74, 6) is -1.94. The molecule has 3 aromatic carbocycles. The fourth-order valence-electron chi connectivity index (χ4n) is 2.95. The van der Waals surface area contributed by atoms with Crippen LogP contribution in [0.15, 0.2) is 60.7 Å². The van der Waals surface area contributed by atoms with Crippen molar-refractivity contribution in [3.63, 3.8) is 0 Å². The minimum atomic E-state index is -1.11. The van der Waals surface area contributed by atoms with Crippen molar-refractivity contribution in [1.82, 2.24) is 0 Å². The third-order valence-electron chi connectivity index (χ3n) is 4.01. The molecule has 0 aliphatic carbocycles. The van der Waals surface area contributed by atoms with E-state index in [9.17, 15) is 14.3 Å². The van der Waals surface area contributed by atoms with E-state index in [1.165, 1.54) is 18.2 Å². The Labute approximate surface area is 127 Å². The third kappa shape index (κ3) is 2.35. The number of hydrogen-bond acceptors (Lipinski definition) is 1. The third-order valence-corrected chi connectivity index (χ3v) is 4.01. The number of benzene rings is 3. The van der Waals surface area contributed by atoms with E-state index in [0.29, 0.717) is 0 Å². The van der Waals surface area contributed by atoms with Crippen molar-refractivity contribution >= 4 is 16.7 Å². The summed E-state index contributed by atoms with van der Waals surface area (Å²) in [6.45, 7) is 1.84. The topological polar surface area (TPSA) is 37.3 Å². The maximum absolute atomic E-state index is 14.3. The molecule has 0 bridgehead atoms. The molecular weight excluding hydrogens is 279 g/mol. The van der Waals surface area contributed by atoms with Crippen LogP contribution in [0.4, 0.5) is 4.39 Å². The van der Waals surface area contributed by atoms with Crippen LogP contribution in [0.5, 0.6) is 0 Å². The number of aromatic carboxylic acids is 1. The minimum absolute atomic E-state index is 0.0143. The molecule has 0 aliphatic heterocycles. The van der Waals surface area contributed by atoms with Gasteiger partial charge < -0.3 is 5.11 Å². The van der Waals surface area contributed by atoms with Crippen molar-refractivity contribution in [3.8, 4) is 0 Å². The molecule has 0 saturated heterocycles. The van der Waals surface area contributed by atoms with Crippen LogP contribution >= 0.6 is 0 Å². The first-order chi connectivity index (χ1) is 10.6. The smallest absolute Gasteiger partial charge is 0.336 e. The Bertz CT molecular complexity index is 850. The van der Waals surface area contributed by atoms with Gasteiger partial charge in [-0.1, -0.05) is 55.5 Å². The van der Waals surface area contributed by atoms with Gasteiger partial charge in [-0.3, -0.25) is 0 Å². The molecular formula is C19H15FO2. The highest BCUT2D eigenvalue weighted by atomic mass is 19.1. The lowest BCUT2D eigenvalue weighted by Gasteiger charge is -2.18. The Hall–Kier alpha value is -2.68. The molecule has 0 fully saturated rings. The summed E-state index contributed by atoms with van der Waals surface area (Å²) in [5.41, 5.74) is 1.16. The lowest BCUT2D eigenvalue weighted by atomic mass is 9.86. The van der Waals surface area contributed by atoms with E-state index in [0.717, 1.165) is 16.3 Å². The highest BCUT2D eigenvalue weighted by Crippen LogP contribution is 2.33. The zero-order valence-electron chi connectivity index (χ0n) is 12.1. The van der Waals surface area contributed by atoms with E-state index in [2.05, 4.69) is 0 Å². The Balaban J connectivity index is 2.23. The number of carboxylic acids is 1. The van der Waals surface area contributed by atoms with Gasteiger partial charge >= 0.3 is 5.97 Å². The number of carboxylic acid groups (broad SMARTS) is 1. The van der Waals surface area contributed by atoms with Crippen molar-refractivity contribution in [1.29, 1.82) is 0 Å². The van der Waals surface area contributed by atoms with Crippen molar-refractivity contribution in [2.75, 3.05) is 0 Å². The lowest BCUT2D eigenvalue weighted by Crippen LogP contribution is -2.09. The summed E-state index contributed by atoms with van der Waals surface area (Å²) in [7, 11) is 0. The van der Waals surface area contributed by atoms with Crippen LogP contribution < -0.4 is 0 Å². The van der Waals surface area contributed by atoms with Crippen LogP contribution in [0.1, 0.15) is 34.3 Å². The Morgan fingerprint density at radius 2 is 1.68 bits per heavy atom. The molecule has 0 saturated carbocycles. The van der Waals surface area contributed by atoms with Gasteiger partial charge in [0.25, 0.3) is 0 Å². The number of rotatable bonds is 3. The predicted molar refractivity (Wildman–Crippen MR) is 84.8 cm³/mol. The first-order valence-electron chi connectivity index (χ1n) is 7.09. The Morgan fingerprint density at radius 1 is 1.00 bits per heavy atom. The van der Waals surface area contributed by atoms with E-state index < -0.39 is 11.8 Å². The summed E-state index contributed by atoms with van der Waals surface area (Å²) in [4.78, 5) is 11.4. The van der Waals surface area contributed by atoms with E-state index in [1.54, 1.807) is 0 Å². The average molecular weight is 294 g/mol. The second kappa shape index (κ2) is 5.60. The lowest BCUT2D eigenvalue weighted by molar-refractivity contribution is 0.0694.